The van der Waals surface area contributed by atoms with Crippen LogP contribution in [-0.2, 0) is 16.0 Å². The topological polar surface area (TPSA) is 40.6 Å². The highest BCUT2D eigenvalue weighted by molar-refractivity contribution is 6.30. The molecule has 0 atom stereocenters. The van der Waals surface area contributed by atoms with Crippen LogP contribution in [0.15, 0.2) is 24.3 Å². The first-order chi connectivity index (χ1) is 9.54. The summed E-state index contributed by atoms with van der Waals surface area (Å²) >= 11 is 5.92. The molecule has 108 valence electrons. The van der Waals surface area contributed by atoms with E-state index in [2.05, 4.69) is 4.90 Å². The smallest absolute Gasteiger partial charge is 0.227 e. The molecule has 1 aliphatic heterocycles. The summed E-state index contributed by atoms with van der Waals surface area (Å²) in [5, 5.41) is 0.654. The fraction of sp³-hybridized carbons (Fsp3) is 0.467. The third-order valence-electron chi connectivity index (χ3n) is 3.42. The van der Waals surface area contributed by atoms with Crippen molar-refractivity contribution in [2.45, 2.75) is 13.3 Å². The van der Waals surface area contributed by atoms with Crippen LogP contribution in [0.1, 0.15) is 12.5 Å². The van der Waals surface area contributed by atoms with Gasteiger partial charge in [0.25, 0.3) is 0 Å². The number of halogens is 1. The Labute approximate surface area is 124 Å². The Kier molecular flexibility index (Phi) is 5.15. The van der Waals surface area contributed by atoms with Gasteiger partial charge in [0, 0.05) is 31.2 Å². The zero-order valence-corrected chi connectivity index (χ0v) is 12.4. The molecule has 1 amide bonds. The van der Waals surface area contributed by atoms with Crippen LogP contribution >= 0.6 is 11.6 Å². The summed E-state index contributed by atoms with van der Waals surface area (Å²) in [4.78, 5) is 27.2. The number of ketones is 1. The lowest BCUT2D eigenvalue weighted by Crippen LogP contribution is -2.50. The molecule has 1 aromatic carbocycles. The van der Waals surface area contributed by atoms with Crippen molar-refractivity contribution in [1.82, 2.24) is 9.80 Å². The summed E-state index contributed by atoms with van der Waals surface area (Å²) in [5.74, 6) is 0.290. The van der Waals surface area contributed by atoms with Crippen LogP contribution in [0.3, 0.4) is 0 Å². The number of Topliss-reactive ketones (excluding diaryl/α,β-unsaturated/α-hetero) is 1. The minimum absolute atomic E-state index is 0.120. The van der Waals surface area contributed by atoms with Crippen molar-refractivity contribution >= 4 is 23.3 Å². The molecule has 0 bridgehead atoms. The molecule has 0 spiro atoms. The third kappa shape index (κ3) is 4.32. The molecule has 1 aliphatic rings. The van der Waals surface area contributed by atoms with Gasteiger partial charge < -0.3 is 4.90 Å². The average Bonchev–Trinajstić information content (AvgIpc) is 2.38. The molecule has 1 fully saturated rings. The molecule has 0 radical (unpaired) electrons. The van der Waals surface area contributed by atoms with Gasteiger partial charge in [-0.2, -0.15) is 0 Å². The average molecular weight is 295 g/mol. The van der Waals surface area contributed by atoms with Crippen molar-refractivity contribution in [3.8, 4) is 0 Å². The predicted octanol–water partition coefficient (Wildman–Crippen LogP) is 1.62. The fourth-order valence-electron chi connectivity index (χ4n) is 2.40. The minimum Gasteiger partial charge on any atom is -0.340 e. The van der Waals surface area contributed by atoms with E-state index in [1.165, 1.54) is 0 Å². The van der Waals surface area contributed by atoms with Crippen LogP contribution in [0.5, 0.6) is 0 Å². The summed E-state index contributed by atoms with van der Waals surface area (Å²) in [7, 11) is 0. The van der Waals surface area contributed by atoms with Crippen molar-refractivity contribution in [2.24, 2.45) is 0 Å². The van der Waals surface area contributed by atoms with Gasteiger partial charge in [-0.1, -0.05) is 23.7 Å². The summed E-state index contributed by atoms with van der Waals surface area (Å²) in [5.41, 5.74) is 0.939. The van der Waals surface area contributed by atoms with Gasteiger partial charge in [-0.3, -0.25) is 14.5 Å². The molecule has 0 saturated carbocycles. The zero-order chi connectivity index (χ0) is 14.5. The van der Waals surface area contributed by atoms with Crippen molar-refractivity contribution in [2.75, 3.05) is 32.7 Å². The van der Waals surface area contributed by atoms with Crippen LogP contribution in [-0.4, -0.2) is 54.2 Å². The number of nitrogens with zero attached hydrogens (tertiary/aromatic N) is 2. The Morgan fingerprint density at radius 2 is 1.90 bits per heavy atom. The number of benzene rings is 1. The van der Waals surface area contributed by atoms with Crippen LogP contribution in [0, 0.1) is 0 Å². The Hall–Kier alpha value is -1.39. The quantitative estimate of drug-likeness (QED) is 0.847. The van der Waals surface area contributed by atoms with E-state index in [1.54, 1.807) is 13.0 Å². The van der Waals surface area contributed by atoms with Gasteiger partial charge >= 0.3 is 0 Å². The molecule has 1 heterocycles. The van der Waals surface area contributed by atoms with Crippen LogP contribution < -0.4 is 0 Å². The summed E-state index contributed by atoms with van der Waals surface area (Å²) in [6.07, 6.45) is 0.382. The molecular formula is C15H19ClN2O2. The standard InChI is InChI=1S/C15H19ClN2O2/c1-12(19)11-17-5-7-18(8-6-17)15(20)10-13-3-2-4-14(16)9-13/h2-4,9H,5-8,10-11H2,1H3. The highest BCUT2D eigenvalue weighted by atomic mass is 35.5. The summed E-state index contributed by atoms with van der Waals surface area (Å²) < 4.78 is 0. The van der Waals surface area contributed by atoms with Crippen LogP contribution in [0.2, 0.25) is 5.02 Å². The Morgan fingerprint density at radius 1 is 1.20 bits per heavy atom. The van der Waals surface area contributed by atoms with E-state index in [1.807, 2.05) is 23.1 Å². The molecular weight excluding hydrogens is 276 g/mol. The van der Waals surface area contributed by atoms with E-state index >= 15 is 0 Å². The van der Waals surface area contributed by atoms with E-state index in [9.17, 15) is 9.59 Å². The van der Waals surface area contributed by atoms with Gasteiger partial charge in [-0.15, -0.1) is 0 Å². The third-order valence-corrected chi connectivity index (χ3v) is 3.65. The van der Waals surface area contributed by atoms with E-state index in [-0.39, 0.29) is 11.7 Å². The number of carbonyl (C=O) groups is 2. The molecule has 2 rings (SSSR count). The highest BCUT2D eigenvalue weighted by Crippen LogP contribution is 2.12. The second kappa shape index (κ2) is 6.86. The zero-order valence-electron chi connectivity index (χ0n) is 11.6. The lowest BCUT2D eigenvalue weighted by molar-refractivity contribution is -0.132. The molecule has 0 aromatic heterocycles. The summed E-state index contributed by atoms with van der Waals surface area (Å²) in [6.45, 7) is 4.98. The second-order valence-corrected chi connectivity index (χ2v) is 5.60. The Morgan fingerprint density at radius 3 is 2.50 bits per heavy atom. The van der Waals surface area contributed by atoms with Crippen molar-refractivity contribution in [3.63, 3.8) is 0 Å². The number of rotatable bonds is 4. The first-order valence-electron chi connectivity index (χ1n) is 6.78. The molecule has 0 N–H and O–H groups in total. The first kappa shape index (κ1) is 15.0. The molecule has 1 saturated heterocycles. The first-order valence-corrected chi connectivity index (χ1v) is 7.16. The lowest BCUT2D eigenvalue weighted by Gasteiger charge is -2.34. The molecule has 5 heteroatoms. The monoisotopic (exact) mass is 294 g/mol. The van der Waals surface area contributed by atoms with E-state index in [4.69, 9.17) is 11.6 Å². The minimum atomic E-state index is 0.120. The van der Waals surface area contributed by atoms with E-state index in [0.717, 1.165) is 18.7 Å². The SMILES string of the molecule is CC(=O)CN1CCN(C(=O)Cc2cccc(Cl)c2)CC1. The number of hydrogen-bond donors (Lipinski definition) is 0. The van der Waals surface area contributed by atoms with Crippen molar-refractivity contribution in [1.29, 1.82) is 0 Å². The van der Waals surface area contributed by atoms with Gasteiger partial charge in [-0.25, -0.2) is 0 Å². The van der Waals surface area contributed by atoms with Gasteiger partial charge in [0.15, 0.2) is 0 Å². The van der Waals surface area contributed by atoms with Crippen molar-refractivity contribution < 1.29 is 9.59 Å². The number of piperazine rings is 1. The molecule has 4 nitrogen and oxygen atoms in total. The highest BCUT2D eigenvalue weighted by Gasteiger charge is 2.21. The lowest BCUT2D eigenvalue weighted by atomic mass is 10.1. The van der Waals surface area contributed by atoms with E-state index < -0.39 is 0 Å². The predicted molar refractivity (Wildman–Crippen MR) is 78.9 cm³/mol. The van der Waals surface area contributed by atoms with E-state index in [0.29, 0.717) is 31.1 Å². The largest absolute Gasteiger partial charge is 0.340 e. The Balaban J connectivity index is 1.84. The normalized spacial score (nSPS) is 16.2. The maximum Gasteiger partial charge on any atom is 0.227 e. The van der Waals surface area contributed by atoms with Crippen molar-refractivity contribution in [3.05, 3.63) is 34.9 Å². The maximum absolute atomic E-state index is 12.2. The molecule has 20 heavy (non-hydrogen) atoms. The van der Waals surface area contributed by atoms with Gasteiger partial charge in [-0.05, 0) is 24.6 Å². The summed E-state index contributed by atoms with van der Waals surface area (Å²) in [6, 6.07) is 7.40. The number of hydrogen-bond acceptors (Lipinski definition) is 3. The van der Waals surface area contributed by atoms with Crippen LogP contribution in [0.4, 0.5) is 0 Å². The van der Waals surface area contributed by atoms with Gasteiger partial charge in [0.05, 0.1) is 13.0 Å². The van der Waals surface area contributed by atoms with Gasteiger partial charge in [0.2, 0.25) is 5.91 Å². The maximum atomic E-state index is 12.2. The molecule has 1 aromatic rings. The second-order valence-electron chi connectivity index (χ2n) is 5.17. The van der Waals surface area contributed by atoms with Gasteiger partial charge in [0.1, 0.15) is 5.78 Å². The van der Waals surface area contributed by atoms with Crippen LogP contribution in [0.25, 0.3) is 0 Å². The number of carbonyl (C=O) groups excluding carboxylic acids is 2. The molecule has 0 unspecified atom stereocenters. The number of amides is 1. The molecule has 0 aliphatic carbocycles. The fourth-order valence-corrected chi connectivity index (χ4v) is 2.62. The Bertz CT molecular complexity index is 496.